The SMILES string of the molecule is Cc1c(Br)cccc1C(=O)Nc1c(Br)cccc1C(=O)O. The minimum absolute atomic E-state index is 0.0328. The Morgan fingerprint density at radius 1 is 1.00 bits per heavy atom. The van der Waals surface area contributed by atoms with Crippen molar-refractivity contribution in [3.8, 4) is 0 Å². The van der Waals surface area contributed by atoms with Crippen molar-refractivity contribution in [1.82, 2.24) is 0 Å². The number of aromatic carboxylic acids is 1. The van der Waals surface area contributed by atoms with Gasteiger partial charge in [-0.05, 0) is 52.7 Å². The lowest BCUT2D eigenvalue weighted by molar-refractivity contribution is 0.0698. The maximum absolute atomic E-state index is 12.4. The smallest absolute Gasteiger partial charge is 0.337 e. The molecule has 0 spiro atoms. The highest BCUT2D eigenvalue weighted by molar-refractivity contribution is 9.10. The number of carboxylic acid groups (broad SMARTS) is 1. The zero-order valence-corrected chi connectivity index (χ0v) is 14.2. The molecular formula is C15H11Br2NO3. The second-order valence-electron chi connectivity index (χ2n) is 4.33. The monoisotopic (exact) mass is 411 g/mol. The lowest BCUT2D eigenvalue weighted by atomic mass is 10.1. The number of hydrogen-bond acceptors (Lipinski definition) is 2. The highest BCUT2D eigenvalue weighted by atomic mass is 79.9. The van der Waals surface area contributed by atoms with Crippen LogP contribution in [0.2, 0.25) is 0 Å². The Kier molecular flexibility index (Phi) is 4.80. The van der Waals surface area contributed by atoms with Gasteiger partial charge >= 0.3 is 5.97 Å². The van der Waals surface area contributed by atoms with E-state index in [1.54, 1.807) is 24.3 Å². The molecule has 0 saturated heterocycles. The molecular weight excluding hydrogens is 402 g/mol. The van der Waals surface area contributed by atoms with Gasteiger partial charge in [-0.1, -0.05) is 28.1 Å². The summed E-state index contributed by atoms with van der Waals surface area (Å²) in [6, 6.07) is 10.0. The van der Waals surface area contributed by atoms with Gasteiger partial charge in [-0.15, -0.1) is 0 Å². The quantitative estimate of drug-likeness (QED) is 0.781. The molecule has 0 heterocycles. The highest BCUT2D eigenvalue weighted by Crippen LogP contribution is 2.28. The third-order valence-corrected chi connectivity index (χ3v) is 4.51. The van der Waals surface area contributed by atoms with Crippen molar-refractivity contribution in [3.05, 3.63) is 62.0 Å². The largest absolute Gasteiger partial charge is 0.478 e. The minimum Gasteiger partial charge on any atom is -0.478 e. The third-order valence-electron chi connectivity index (χ3n) is 2.99. The molecule has 1 amide bonds. The maximum Gasteiger partial charge on any atom is 0.337 e. The average molecular weight is 413 g/mol. The Morgan fingerprint density at radius 2 is 1.57 bits per heavy atom. The summed E-state index contributed by atoms with van der Waals surface area (Å²) in [4.78, 5) is 23.6. The molecule has 0 atom stereocenters. The van der Waals surface area contributed by atoms with Crippen LogP contribution < -0.4 is 5.32 Å². The predicted octanol–water partition coefficient (Wildman–Crippen LogP) is 4.47. The van der Waals surface area contributed by atoms with Gasteiger partial charge in [0.25, 0.3) is 5.91 Å². The Balaban J connectivity index is 2.41. The molecule has 4 nitrogen and oxygen atoms in total. The van der Waals surface area contributed by atoms with Crippen LogP contribution in [0.1, 0.15) is 26.3 Å². The van der Waals surface area contributed by atoms with E-state index in [1.807, 2.05) is 13.0 Å². The Morgan fingerprint density at radius 3 is 2.19 bits per heavy atom. The van der Waals surface area contributed by atoms with E-state index in [0.717, 1.165) is 10.0 Å². The summed E-state index contributed by atoms with van der Waals surface area (Å²) >= 11 is 6.63. The van der Waals surface area contributed by atoms with Gasteiger partial charge in [0.05, 0.1) is 11.3 Å². The van der Waals surface area contributed by atoms with E-state index in [0.29, 0.717) is 10.0 Å². The van der Waals surface area contributed by atoms with Gasteiger partial charge in [-0.3, -0.25) is 4.79 Å². The molecule has 2 aromatic rings. The van der Waals surface area contributed by atoms with Crippen LogP contribution in [0.5, 0.6) is 0 Å². The van der Waals surface area contributed by atoms with Crippen molar-refractivity contribution in [2.75, 3.05) is 5.32 Å². The van der Waals surface area contributed by atoms with E-state index in [4.69, 9.17) is 0 Å². The summed E-state index contributed by atoms with van der Waals surface area (Å²) in [6.07, 6.45) is 0. The summed E-state index contributed by atoms with van der Waals surface area (Å²) in [5.41, 5.74) is 1.55. The Bertz CT molecular complexity index is 729. The molecule has 0 aliphatic carbocycles. The first kappa shape index (κ1) is 15.7. The lowest BCUT2D eigenvalue weighted by Crippen LogP contribution is -2.16. The number of rotatable bonds is 3. The molecule has 2 aromatic carbocycles. The molecule has 6 heteroatoms. The normalized spacial score (nSPS) is 10.2. The van der Waals surface area contributed by atoms with Gasteiger partial charge in [0.1, 0.15) is 0 Å². The maximum atomic E-state index is 12.4. The summed E-state index contributed by atoms with van der Waals surface area (Å²) in [7, 11) is 0. The standard InChI is InChI=1S/C15H11Br2NO3/c1-8-9(4-2-6-11(8)16)14(19)18-13-10(15(20)21)5-3-7-12(13)17/h2-7H,1H3,(H,18,19)(H,20,21). The van der Waals surface area contributed by atoms with Crippen molar-refractivity contribution in [1.29, 1.82) is 0 Å². The van der Waals surface area contributed by atoms with Crippen LogP contribution in [0.25, 0.3) is 0 Å². The van der Waals surface area contributed by atoms with E-state index < -0.39 is 5.97 Å². The molecule has 0 unspecified atom stereocenters. The fourth-order valence-electron chi connectivity index (χ4n) is 1.86. The van der Waals surface area contributed by atoms with Crippen LogP contribution >= 0.6 is 31.9 Å². The second-order valence-corrected chi connectivity index (χ2v) is 6.04. The number of hydrogen-bond donors (Lipinski definition) is 2. The van der Waals surface area contributed by atoms with Gasteiger partial charge in [0.2, 0.25) is 0 Å². The first-order valence-electron chi connectivity index (χ1n) is 6.00. The van der Waals surface area contributed by atoms with Crippen LogP contribution in [-0.2, 0) is 0 Å². The van der Waals surface area contributed by atoms with Crippen molar-refractivity contribution < 1.29 is 14.7 Å². The van der Waals surface area contributed by atoms with Crippen molar-refractivity contribution in [3.63, 3.8) is 0 Å². The van der Waals surface area contributed by atoms with Gasteiger partial charge < -0.3 is 10.4 Å². The fourth-order valence-corrected chi connectivity index (χ4v) is 2.70. The fraction of sp³-hybridized carbons (Fsp3) is 0.0667. The summed E-state index contributed by atoms with van der Waals surface area (Å²) in [6.45, 7) is 1.82. The van der Waals surface area contributed by atoms with Crippen LogP contribution in [-0.4, -0.2) is 17.0 Å². The number of nitrogens with one attached hydrogen (secondary N) is 1. The number of carbonyl (C=O) groups is 2. The van der Waals surface area contributed by atoms with Gasteiger partial charge in [0, 0.05) is 14.5 Å². The average Bonchev–Trinajstić information content (AvgIpc) is 2.43. The molecule has 0 aliphatic rings. The first-order chi connectivity index (χ1) is 9.91. The first-order valence-corrected chi connectivity index (χ1v) is 7.58. The van der Waals surface area contributed by atoms with Crippen LogP contribution in [0.3, 0.4) is 0 Å². The Hall–Kier alpha value is -1.66. The molecule has 0 saturated carbocycles. The number of halogens is 2. The molecule has 21 heavy (non-hydrogen) atoms. The molecule has 0 aliphatic heterocycles. The van der Waals surface area contributed by atoms with E-state index in [1.165, 1.54) is 6.07 Å². The van der Waals surface area contributed by atoms with E-state index >= 15 is 0 Å². The molecule has 2 N–H and O–H groups in total. The van der Waals surface area contributed by atoms with E-state index in [-0.39, 0.29) is 17.2 Å². The minimum atomic E-state index is -1.10. The topological polar surface area (TPSA) is 66.4 Å². The summed E-state index contributed by atoms with van der Waals surface area (Å²) in [5.74, 6) is -1.46. The molecule has 2 rings (SSSR count). The second kappa shape index (κ2) is 6.41. The molecule has 0 radical (unpaired) electrons. The zero-order chi connectivity index (χ0) is 15.6. The highest BCUT2D eigenvalue weighted by Gasteiger charge is 2.17. The van der Waals surface area contributed by atoms with E-state index in [9.17, 15) is 14.7 Å². The molecule has 0 fully saturated rings. The van der Waals surface area contributed by atoms with Crippen molar-refractivity contribution in [2.45, 2.75) is 6.92 Å². The van der Waals surface area contributed by atoms with Gasteiger partial charge in [-0.2, -0.15) is 0 Å². The number of carbonyl (C=O) groups excluding carboxylic acids is 1. The lowest BCUT2D eigenvalue weighted by Gasteiger charge is -2.12. The number of carboxylic acids is 1. The molecule has 108 valence electrons. The molecule has 0 bridgehead atoms. The number of anilines is 1. The summed E-state index contributed by atoms with van der Waals surface area (Å²) in [5, 5.41) is 11.8. The van der Waals surface area contributed by atoms with Crippen molar-refractivity contribution in [2.24, 2.45) is 0 Å². The van der Waals surface area contributed by atoms with Crippen molar-refractivity contribution >= 4 is 49.4 Å². The van der Waals surface area contributed by atoms with Crippen LogP contribution in [0, 0.1) is 6.92 Å². The number of amides is 1. The number of para-hydroxylation sites is 1. The third kappa shape index (κ3) is 3.33. The molecule has 0 aromatic heterocycles. The van der Waals surface area contributed by atoms with Gasteiger partial charge in [-0.25, -0.2) is 4.79 Å². The van der Waals surface area contributed by atoms with Crippen LogP contribution in [0.4, 0.5) is 5.69 Å². The zero-order valence-electron chi connectivity index (χ0n) is 11.0. The van der Waals surface area contributed by atoms with Gasteiger partial charge in [0.15, 0.2) is 0 Å². The number of benzene rings is 2. The summed E-state index contributed by atoms with van der Waals surface area (Å²) < 4.78 is 1.34. The van der Waals surface area contributed by atoms with E-state index in [2.05, 4.69) is 37.2 Å². The van der Waals surface area contributed by atoms with Crippen LogP contribution in [0.15, 0.2) is 45.3 Å². The Labute approximate surface area is 138 Å². The predicted molar refractivity (Wildman–Crippen MR) is 87.9 cm³/mol.